The molecule has 0 saturated heterocycles. The van der Waals surface area contributed by atoms with E-state index >= 15 is 0 Å². The van der Waals surface area contributed by atoms with Crippen molar-refractivity contribution in [3.8, 4) is 11.1 Å². The molecule has 0 fully saturated rings. The van der Waals surface area contributed by atoms with Gasteiger partial charge in [-0.15, -0.1) is 0 Å². The summed E-state index contributed by atoms with van der Waals surface area (Å²) >= 11 is 0. The van der Waals surface area contributed by atoms with Crippen LogP contribution in [0.2, 0.25) is 0 Å². The average molecular weight is 238 g/mol. The molecule has 0 aliphatic heterocycles. The highest BCUT2D eigenvalue weighted by molar-refractivity contribution is 5.63. The fourth-order valence-electron chi connectivity index (χ4n) is 1.86. The van der Waals surface area contributed by atoms with Crippen molar-refractivity contribution in [3.05, 3.63) is 72.3 Å². The molecule has 0 aromatic heterocycles. The van der Waals surface area contributed by atoms with Crippen molar-refractivity contribution in [1.29, 1.82) is 0 Å². The molecule has 0 radical (unpaired) electrons. The topological polar surface area (TPSA) is 20.2 Å². The second-order valence-corrected chi connectivity index (χ2v) is 4.44. The fraction of sp³-hybridized carbons (Fsp3) is 0.176. The number of hydrogen-bond acceptors (Lipinski definition) is 1. The third-order valence-corrected chi connectivity index (χ3v) is 2.83. The third-order valence-electron chi connectivity index (χ3n) is 2.83. The average Bonchev–Trinajstić information content (AvgIpc) is 2.40. The van der Waals surface area contributed by atoms with Crippen LogP contribution in [0.4, 0.5) is 0 Å². The molecule has 0 aliphatic carbocycles. The molecule has 0 amide bonds. The van der Waals surface area contributed by atoms with Gasteiger partial charge in [-0.1, -0.05) is 66.7 Å². The molecule has 1 atom stereocenters. The molecule has 0 aliphatic rings. The van der Waals surface area contributed by atoms with Gasteiger partial charge in [-0.25, -0.2) is 0 Å². The van der Waals surface area contributed by atoms with Gasteiger partial charge >= 0.3 is 0 Å². The molecule has 1 N–H and O–H groups in total. The molecule has 1 heteroatoms. The van der Waals surface area contributed by atoms with Crippen LogP contribution in [0, 0.1) is 0 Å². The molecule has 1 unspecified atom stereocenters. The minimum atomic E-state index is -0.367. The predicted molar refractivity (Wildman–Crippen MR) is 76.4 cm³/mol. The minimum Gasteiger partial charge on any atom is -0.389 e. The summed E-state index contributed by atoms with van der Waals surface area (Å²) in [4.78, 5) is 0. The molecule has 2 aromatic carbocycles. The minimum absolute atomic E-state index is 0.367. The number of aliphatic hydroxyl groups is 1. The van der Waals surface area contributed by atoms with Crippen molar-refractivity contribution >= 4 is 0 Å². The summed E-state index contributed by atoms with van der Waals surface area (Å²) in [5, 5.41) is 9.14. The van der Waals surface area contributed by atoms with Crippen LogP contribution in [0.5, 0.6) is 0 Å². The first kappa shape index (κ1) is 12.6. The van der Waals surface area contributed by atoms with Crippen LogP contribution in [0.25, 0.3) is 11.1 Å². The Morgan fingerprint density at radius 2 is 1.56 bits per heavy atom. The number of benzene rings is 2. The Kier molecular flexibility index (Phi) is 4.32. The van der Waals surface area contributed by atoms with Gasteiger partial charge in [0.25, 0.3) is 0 Å². The highest BCUT2D eigenvalue weighted by atomic mass is 16.3. The van der Waals surface area contributed by atoms with Gasteiger partial charge in [-0.3, -0.25) is 0 Å². The molecule has 0 spiro atoms. The summed E-state index contributed by atoms with van der Waals surface area (Å²) in [5.41, 5.74) is 3.73. The normalized spacial score (nSPS) is 12.8. The number of allylic oxidation sites excluding steroid dienone is 1. The summed E-state index contributed by atoms with van der Waals surface area (Å²) in [7, 11) is 0. The molecule has 92 valence electrons. The fourth-order valence-corrected chi connectivity index (χ4v) is 1.86. The SMILES string of the molecule is CC(O)C=CCc1ccc(-c2ccccc2)cc1. The Hall–Kier alpha value is -1.86. The molecule has 0 saturated carbocycles. The maximum atomic E-state index is 9.14. The van der Waals surface area contributed by atoms with Crippen molar-refractivity contribution in [2.45, 2.75) is 19.4 Å². The third kappa shape index (κ3) is 3.57. The standard InChI is InChI=1S/C17H18O/c1-14(18)6-5-7-15-10-12-17(13-11-15)16-8-3-2-4-9-16/h2-6,8-14,18H,7H2,1H3. The van der Waals surface area contributed by atoms with Crippen molar-refractivity contribution in [3.63, 3.8) is 0 Å². The lowest BCUT2D eigenvalue weighted by Crippen LogP contribution is -1.92. The Labute approximate surface area is 108 Å². The molecule has 1 nitrogen and oxygen atoms in total. The number of aliphatic hydroxyl groups excluding tert-OH is 1. The summed E-state index contributed by atoms with van der Waals surface area (Å²) < 4.78 is 0. The van der Waals surface area contributed by atoms with E-state index in [-0.39, 0.29) is 6.10 Å². The lowest BCUT2D eigenvalue weighted by atomic mass is 10.0. The quantitative estimate of drug-likeness (QED) is 0.802. The van der Waals surface area contributed by atoms with Crippen LogP contribution < -0.4 is 0 Å². The summed E-state index contributed by atoms with van der Waals surface area (Å²) in [5.74, 6) is 0. The van der Waals surface area contributed by atoms with Gasteiger partial charge in [0.05, 0.1) is 6.10 Å². The molecule has 18 heavy (non-hydrogen) atoms. The van der Waals surface area contributed by atoms with Gasteiger partial charge in [0.15, 0.2) is 0 Å². The highest BCUT2D eigenvalue weighted by Crippen LogP contribution is 2.19. The van der Waals surface area contributed by atoms with Crippen LogP contribution in [0.1, 0.15) is 12.5 Å². The van der Waals surface area contributed by atoms with Gasteiger partial charge in [0.1, 0.15) is 0 Å². The van der Waals surface area contributed by atoms with Crippen molar-refractivity contribution < 1.29 is 5.11 Å². The van der Waals surface area contributed by atoms with Gasteiger partial charge in [-0.2, -0.15) is 0 Å². The number of hydrogen-bond donors (Lipinski definition) is 1. The highest BCUT2D eigenvalue weighted by Gasteiger charge is 1.96. The zero-order valence-electron chi connectivity index (χ0n) is 10.6. The van der Waals surface area contributed by atoms with Crippen molar-refractivity contribution in [1.82, 2.24) is 0 Å². The first-order valence-electron chi connectivity index (χ1n) is 6.25. The van der Waals surface area contributed by atoms with Crippen LogP contribution in [-0.4, -0.2) is 11.2 Å². The van der Waals surface area contributed by atoms with Crippen LogP contribution in [0.3, 0.4) is 0 Å². The van der Waals surface area contributed by atoms with Crippen molar-refractivity contribution in [2.24, 2.45) is 0 Å². The molecular formula is C17H18O. The van der Waals surface area contributed by atoms with E-state index in [2.05, 4.69) is 48.5 Å². The second kappa shape index (κ2) is 6.18. The maximum Gasteiger partial charge on any atom is 0.0692 e. The molecule has 0 heterocycles. The first-order valence-corrected chi connectivity index (χ1v) is 6.25. The van der Waals surface area contributed by atoms with E-state index in [0.717, 1.165) is 6.42 Å². The van der Waals surface area contributed by atoms with Crippen LogP contribution in [0.15, 0.2) is 66.7 Å². The van der Waals surface area contributed by atoms with E-state index in [1.54, 1.807) is 6.92 Å². The largest absolute Gasteiger partial charge is 0.389 e. The zero-order chi connectivity index (χ0) is 12.8. The van der Waals surface area contributed by atoms with E-state index in [4.69, 9.17) is 5.11 Å². The Balaban J connectivity index is 2.06. The predicted octanol–water partition coefficient (Wildman–Crippen LogP) is 3.83. The Morgan fingerprint density at radius 3 is 2.17 bits per heavy atom. The Bertz CT molecular complexity index is 495. The monoisotopic (exact) mass is 238 g/mol. The van der Waals surface area contributed by atoms with E-state index < -0.39 is 0 Å². The van der Waals surface area contributed by atoms with Gasteiger partial charge in [-0.05, 0) is 30.0 Å². The lowest BCUT2D eigenvalue weighted by Gasteiger charge is -2.03. The van der Waals surface area contributed by atoms with Crippen LogP contribution in [-0.2, 0) is 6.42 Å². The summed E-state index contributed by atoms with van der Waals surface area (Å²) in [6.45, 7) is 1.76. The van der Waals surface area contributed by atoms with E-state index in [0.29, 0.717) is 0 Å². The maximum absolute atomic E-state index is 9.14. The lowest BCUT2D eigenvalue weighted by molar-refractivity contribution is 0.244. The van der Waals surface area contributed by atoms with E-state index in [1.165, 1.54) is 16.7 Å². The first-order chi connectivity index (χ1) is 8.75. The van der Waals surface area contributed by atoms with Crippen molar-refractivity contribution in [2.75, 3.05) is 0 Å². The van der Waals surface area contributed by atoms with Gasteiger partial charge < -0.3 is 5.11 Å². The van der Waals surface area contributed by atoms with E-state index in [1.807, 2.05) is 18.2 Å². The van der Waals surface area contributed by atoms with E-state index in [9.17, 15) is 0 Å². The number of rotatable bonds is 4. The molecule has 0 bridgehead atoms. The zero-order valence-corrected chi connectivity index (χ0v) is 10.6. The molecular weight excluding hydrogens is 220 g/mol. The summed E-state index contributed by atoms with van der Waals surface area (Å²) in [6.07, 6.45) is 4.31. The smallest absolute Gasteiger partial charge is 0.0692 e. The Morgan fingerprint density at radius 1 is 0.944 bits per heavy atom. The van der Waals surface area contributed by atoms with Gasteiger partial charge in [0, 0.05) is 0 Å². The summed E-state index contributed by atoms with van der Waals surface area (Å²) in [6, 6.07) is 18.9. The second-order valence-electron chi connectivity index (χ2n) is 4.44. The molecule has 2 rings (SSSR count). The van der Waals surface area contributed by atoms with Gasteiger partial charge in [0.2, 0.25) is 0 Å². The molecule has 2 aromatic rings. The van der Waals surface area contributed by atoms with Crippen LogP contribution >= 0.6 is 0 Å².